The van der Waals surface area contributed by atoms with Gasteiger partial charge in [-0.2, -0.15) is 9.78 Å². The lowest BCUT2D eigenvalue weighted by Gasteiger charge is -2.13. The van der Waals surface area contributed by atoms with Crippen molar-refractivity contribution in [3.05, 3.63) is 75.7 Å². The molecule has 5 nitrogen and oxygen atoms in total. The minimum Gasteiger partial charge on any atom is -0.267 e. The molecule has 0 unspecified atom stereocenters. The molecule has 158 valence electrons. The van der Waals surface area contributed by atoms with Crippen LogP contribution >= 0.6 is 11.6 Å². The largest absolute Gasteiger partial charge is 0.275 e. The van der Waals surface area contributed by atoms with Crippen molar-refractivity contribution in [2.45, 2.75) is 38.0 Å². The highest BCUT2D eigenvalue weighted by molar-refractivity contribution is 7.90. The van der Waals surface area contributed by atoms with E-state index in [0.29, 0.717) is 28.6 Å². The third kappa shape index (κ3) is 5.18. The molecule has 3 rings (SSSR count). The predicted octanol–water partition coefficient (Wildman–Crippen LogP) is 4.94. The highest BCUT2D eigenvalue weighted by Crippen LogP contribution is 2.25. The second-order valence-corrected chi connectivity index (χ2v) is 10.3. The van der Waals surface area contributed by atoms with Crippen molar-refractivity contribution in [1.29, 1.82) is 0 Å². The molecule has 0 atom stereocenters. The summed E-state index contributed by atoms with van der Waals surface area (Å²) in [6.45, 7) is 4.31. The van der Waals surface area contributed by atoms with Gasteiger partial charge in [0.2, 0.25) is 0 Å². The first-order valence-corrected chi connectivity index (χ1v) is 12.1. The number of nitrogens with zero attached hydrogens (tertiary/aromatic N) is 2. The maximum absolute atomic E-state index is 13.3. The van der Waals surface area contributed by atoms with Crippen LogP contribution in [-0.4, -0.2) is 24.5 Å². The summed E-state index contributed by atoms with van der Waals surface area (Å²) < 4.78 is 24.9. The summed E-state index contributed by atoms with van der Waals surface area (Å²) in [5.41, 5.74) is 2.58. The van der Waals surface area contributed by atoms with E-state index >= 15 is 0 Å². The smallest absolute Gasteiger partial charge is 0.267 e. The molecule has 30 heavy (non-hydrogen) atoms. The summed E-state index contributed by atoms with van der Waals surface area (Å²) >= 11 is 6.09. The summed E-state index contributed by atoms with van der Waals surface area (Å²) in [5.74, 6) is 0.541. The van der Waals surface area contributed by atoms with Gasteiger partial charge in [-0.1, -0.05) is 50.1 Å². The fraction of sp³-hybridized carbons (Fsp3) is 0.304. The van der Waals surface area contributed by atoms with Crippen LogP contribution in [0.25, 0.3) is 16.8 Å². The summed E-state index contributed by atoms with van der Waals surface area (Å²) in [6.07, 6.45) is 5.34. The Morgan fingerprint density at radius 3 is 2.40 bits per heavy atom. The predicted molar refractivity (Wildman–Crippen MR) is 121 cm³/mol. The van der Waals surface area contributed by atoms with E-state index in [4.69, 9.17) is 11.6 Å². The summed E-state index contributed by atoms with van der Waals surface area (Å²) in [5, 5.41) is 4.90. The summed E-state index contributed by atoms with van der Waals surface area (Å²) in [7, 11) is -3.28. The molecule has 0 amide bonds. The summed E-state index contributed by atoms with van der Waals surface area (Å²) in [6, 6.07) is 13.6. The van der Waals surface area contributed by atoms with E-state index in [9.17, 15) is 13.2 Å². The van der Waals surface area contributed by atoms with E-state index in [2.05, 4.69) is 18.9 Å². The van der Waals surface area contributed by atoms with Gasteiger partial charge in [-0.25, -0.2) is 8.42 Å². The SMILES string of the molecule is CC(C)CCCc1c(-c2ccc(S(C)(=O)=O)cc2)cnn(-c2cccc(Cl)c2)c1=O. The number of sulfone groups is 1. The number of halogens is 1. The second kappa shape index (κ2) is 9.14. The molecular weight excluding hydrogens is 420 g/mol. The van der Waals surface area contributed by atoms with Gasteiger partial charge in [0.05, 0.1) is 16.8 Å². The van der Waals surface area contributed by atoms with Crippen molar-refractivity contribution in [2.75, 3.05) is 6.26 Å². The molecular formula is C23H25ClN2O3S. The van der Waals surface area contributed by atoms with Gasteiger partial charge in [0.25, 0.3) is 5.56 Å². The molecule has 0 aliphatic rings. The van der Waals surface area contributed by atoms with Gasteiger partial charge in [0, 0.05) is 22.4 Å². The van der Waals surface area contributed by atoms with Gasteiger partial charge in [0.1, 0.15) is 0 Å². The van der Waals surface area contributed by atoms with Crippen molar-refractivity contribution in [3.8, 4) is 16.8 Å². The highest BCUT2D eigenvalue weighted by atomic mass is 35.5. The van der Waals surface area contributed by atoms with E-state index in [-0.39, 0.29) is 10.5 Å². The fourth-order valence-corrected chi connectivity index (χ4v) is 4.15. The van der Waals surface area contributed by atoms with E-state index in [1.165, 1.54) is 10.9 Å². The van der Waals surface area contributed by atoms with Crippen LogP contribution in [0, 0.1) is 5.92 Å². The number of hydrogen-bond acceptors (Lipinski definition) is 4. The van der Waals surface area contributed by atoms with Gasteiger partial charge in [0.15, 0.2) is 9.84 Å². The lowest BCUT2D eigenvalue weighted by atomic mass is 9.97. The molecule has 3 aromatic rings. The monoisotopic (exact) mass is 444 g/mol. The van der Waals surface area contributed by atoms with Crippen molar-refractivity contribution in [2.24, 2.45) is 5.92 Å². The van der Waals surface area contributed by atoms with Crippen LogP contribution in [0.5, 0.6) is 0 Å². The van der Waals surface area contributed by atoms with Gasteiger partial charge in [-0.3, -0.25) is 4.79 Å². The third-order valence-electron chi connectivity index (χ3n) is 4.93. The zero-order valence-corrected chi connectivity index (χ0v) is 18.9. The first kappa shape index (κ1) is 22.2. The van der Waals surface area contributed by atoms with E-state index in [0.717, 1.165) is 24.0 Å². The van der Waals surface area contributed by atoms with E-state index < -0.39 is 9.84 Å². The van der Waals surface area contributed by atoms with Crippen LogP contribution in [0.4, 0.5) is 0 Å². The van der Waals surface area contributed by atoms with E-state index in [1.54, 1.807) is 54.7 Å². The zero-order chi connectivity index (χ0) is 21.9. The van der Waals surface area contributed by atoms with Crippen molar-refractivity contribution >= 4 is 21.4 Å². The second-order valence-electron chi connectivity index (χ2n) is 7.82. The minimum absolute atomic E-state index is 0.189. The topological polar surface area (TPSA) is 69.0 Å². The number of aromatic nitrogens is 2. The molecule has 0 saturated heterocycles. The first-order chi connectivity index (χ1) is 14.2. The third-order valence-corrected chi connectivity index (χ3v) is 6.30. The Morgan fingerprint density at radius 2 is 1.80 bits per heavy atom. The van der Waals surface area contributed by atoms with Crippen molar-refractivity contribution in [1.82, 2.24) is 9.78 Å². The van der Waals surface area contributed by atoms with Crippen LogP contribution in [0.3, 0.4) is 0 Å². The van der Waals surface area contributed by atoms with Gasteiger partial charge in [-0.15, -0.1) is 0 Å². The molecule has 0 fully saturated rings. The van der Waals surface area contributed by atoms with Crippen molar-refractivity contribution < 1.29 is 8.42 Å². The minimum atomic E-state index is -3.28. The molecule has 7 heteroatoms. The van der Waals surface area contributed by atoms with Crippen LogP contribution in [-0.2, 0) is 16.3 Å². The molecule has 0 N–H and O–H groups in total. The van der Waals surface area contributed by atoms with E-state index in [1.807, 2.05) is 0 Å². The van der Waals surface area contributed by atoms with Crippen molar-refractivity contribution in [3.63, 3.8) is 0 Å². The average Bonchev–Trinajstić information content (AvgIpc) is 2.68. The maximum atomic E-state index is 13.3. The Labute approximate surface area is 182 Å². The average molecular weight is 445 g/mol. The van der Waals surface area contributed by atoms with Crippen LogP contribution in [0.2, 0.25) is 5.02 Å². The normalized spacial score (nSPS) is 11.8. The molecule has 0 radical (unpaired) electrons. The maximum Gasteiger partial charge on any atom is 0.275 e. The molecule has 1 heterocycles. The Bertz CT molecular complexity index is 1200. The van der Waals surface area contributed by atoms with Gasteiger partial charge < -0.3 is 0 Å². The Morgan fingerprint density at radius 1 is 1.10 bits per heavy atom. The standard InChI is InChI=1S/C23H25ClN2O3S/c1-16(2)6-4-9-21-22(17-10-12-20(13-11-17)30(3,28)29)15-25-26(23(21)27)19-8-5-7-18(24)14-19/h5,7-8,10-16H,4,6,9H2,1-3H3. The summed E-state index contributed by atoms with van der Waals surface area (Å²) in [4.78, 5) is 13.6. The quantitative estimate of drug-likeness (QED) is 0.517. The van der Waals surface area contributed by atoms with Crippen LogP contribution in [0.15, 0.2) is 64.4 Å². The number of rotatable bonds is 7. The Balaban J connectivity index is 2.10. The lowest BCUT2D eigenvalue weighted by molar-refractivity contribution is 0.553. The molecule has 0 aliphatic carbocycles. The van der Waals surface area contributed by atoms with Gasteiger partial charge >= 0.3 is 0 Å². The Hall–Kier alpha value is -2.44. The molecule has 0 bridgehead atoms. The molecule has 0 saturated carbocycles. The number of benzene rings is 2. The molecule has 0 aliphatic heterocycles. The molecule has 1 aromatic heterocycles. The van der Waals surface area contributed by atoms with Gasteiger partial charge in [-0.05, 0) is 54.7 Å². The van der Waals surface area contributed by atoms with Crippen LogP contribution < -0.4 is 5.56 Å². The Kier molecular flexibility index (Phi) is 6.78. The molecule has 0 spiro atoms. The molecule has 2 aromatic carbocycles. The first-order valence-electron chi connectivity index (χ1n) is 9.84. The lowest BCUT2D eigenvalue weighted by Crippen LogP contribution is -2.25. The zero-order valence-electron chi connectivity index (χ0n) is 17.3. The fourth-order valence-electron chi connectivity index (χ4n) is 3.34. The highest BCUT2D eigenvalue weighted by Gasteiger charge is 2.15. The van der Waals surface area contributed by atoms with Crippen LogP contribution in [0.1, 0.15) is 32.3 Å². The number of hydrogen-bond donors (Lipinski definition) is 0.